The predicted octanol–water partition coefficient (Wildman–Crippen LogP) is 1.86. The van der Waals surface area contributed by atoms with Gasteiger partial charge in [0.05, 0.1) is 11.7 Å². The van der Waals surface area contributed by atoms with Crippen molar-refractivity contribution in [1.29, 1.82) is 0 Å². The zero-order chi connectivity index (χ0) is 15.2. The van der Waals surface area contributed by atoms with Crippen molar-refractivity contribution in [2.45, 2.75) is 32.9 Å². The normalized spacial score (nSPS) is 12.4. The highest BCUT2D eigenvalue weighted by Gasteiger charge is 2.14. The van der Waals surface area contributed by atoms with Crippen molar-refractivity contribution in [2.75, 3.05) is 0 Å². The molecule has 5 heteroatoms. The van der Waals surface area contributed by atoms with Gasteiger partial charge in [0.1, 0.15) is 0 Å². The number of benzene rings is 1. The molecule has 0 spiro atoms. The molecule has 2 rings (SSSR count). The molecule has 21 heavy (non-hydrogen) atoms. The molecule has 1 atom stereocenters. The minimum atomic E-state index is -0.445. The second kappa shape index (κ2) is 7.04. The molecule has 0 aliphatic heterocycles. The third-order valence-corrected chi connectivity index (χ3v) is 3.21. The monoisotopic (exact) mass is 286 g/mol. The third kappa shape index (κ3) is 4.43. The molecular formula is C16H22N4O. The van der Waals surface area contributed by atoms with Gasteiger partial charge in [0.15, 0.2) is 0 Å². The van der Waals surface area contributed by atoms with Gasteiger partial charge < -0.3 is 11.1 Å². The van der Waals surface area contributed by atoms with Crippen LogP contribution in [0.2, 0.25) is 0 Å². The van der Waals surface area contributed by atoms with Gasteiger partial charge in [-0.1, -0.05) is 26.0 Å². The molecule has 5 nitrogen and oxygen atoms in total. The van der Waals surface area contributed by atoms with Crippen LogP contribution in [0.3, 0.4) is 0 Å². The Morgan fingerprint density at radius 3 is 2.86 bits per heavy atom. The predicted molar refractivity (Wildman–Crippen MR) is 82.8 cm³/mol. The third-order valence-electron chi connectivity index (χ3n) is 3.21. The molecule has 112 valence electrons. The van der Waals surface area contributed by atoms with E-state index in [-0.39, 0.29) is 5.91 Å². The largest absolute Gasteiger partial charge is 0.351 e. The van der Waals surface area contributed by atoms with Crippen LogP contribution in [-0.2, 0) is 11.3 Å². The van der Waals surface area contributed by atoms with Gasteiger partial charge in [-0.05, 0) is 36.1 Å². The lowest BCUT2D eigenvalue weighted by molar-refractivity contribution is -0.122. The average molecular weight is 286 g/mol. The Balaban J connectivity index is 1.95. The van der Waals surface area contributed by atoms with Crippen LogP contribution in [0.25, 0.3) is 5.69 Å². The fraction of sp³-hybridized carbons (Fsp3) is 0.375. The van der Waals surface area contributed by atoms with Crippen LogP contribution in [0.4, 0.5) is 0 Å². The van der Waals surface area contributed by atoms with E-state index in [0.29, 0.717) is 18.9 Å². The summed E-state index contributed by atoms with van der Waals surface area (Å²) in [5, 5.41) is 7.08. The summed E-state index contributed by atoms with van der Waals surface area (Å²) in [6, 6.07) is 9.33. The van der Waals surface area contributed by atoms with E-state index in [2.05, 4.69) is 24.3 Å². The number of rotatable bonds is 6. The average Bonchev–Trinajstić information content (AvgIpc) is 2.98. The Bertz CT molecular complexity index is 578. The highest BCUT2D eigenvalue weighted by molar-refractivity contribution is 5.81. The summed E-state index contributed by atoms with van der Waals surface area (Å²) in [5.41, 5.74) is 7.86. The van der Waals surface area contributed by atoms with E-state index in [9.17, 15) is 4.79 Å². The first-order chi connectivity index (χ1) is 10.1. The molecular weight excluding hydrogens is 264 g/mol. The number of nitrogens with zero attached hydrogens (tertiary/aromatic N) is 2. The summed E-state index contributed by atoms with van der Waals surface area (Å²) in [5.74, 6) is 0.307. The second-order valence-corrected chi connectivity index (χ2v) is 5.57. The maximum absolute atomic E-state index is 11.9. The van der Waals surface area contributed by atoms with Crippen molar-refractivity contribution in [2.24, 2.45) is 11.7 Å². The van der Waals surface area contributed by atoms with Crippen molar-refractivity contribution in [1.82, 2.24) is 15.1 Å². The minimum absolute atomic E-state index is 0.104. The lowest BCUT2D eigenvalue weighted by Crippen LogP contribution is -2.41. The number of carbonyl (C=O) groups is 1. The molecule has 1 heterocycles. The molecule has 0 aliphatic carbocycles. The van der Waals surface area contributed by atoms with Gasteiger partial charge in [0, 0.05) is 18.9 Å². The van der Waals surface area contributed by atoms with Crippen molar-refractivity contribution in [3.8, 4) is 5.69 Å². The number of carbonyl (C=O) groups excluding carboxylic acids is 1. The minimum Gasteiger partial charge on any atom is -0.351 e. The van der Waals surface area contributed by atoms with E-state index in [0.717, 1.165) is 11.3 Å². The summed E-state index contributed by atoms with van der Waals surface area (Å²) < 4.78 is 1.79. The SMILES string of the molecule is CC(C)C[C@@H](N)C(=O)NCc1cccc(-n2cccn2)c1. The van der Waals surface area contributed by atoms with Gasteiger partial charge in [-0.15, -0.1) is 0 Å². The first kappa shape index (κ1) is 15.3. The van der Waals surface area contributed by atoms with Crippen molar-refractivity contribution >= 4 is 5.91 Å². The van der Waals surface area contributed by atoms with Crippen molar-refractivity contribution in [3.63, 3.8) is 0 Å². The smallest absolute Gasteiger partial charge is 0.237 e. The maximum atomic E-state index is 11.9. The van der Waals surface area contributed by atoms with E-state index >= 15 is 0 Å². The summed E-state index contributed by atoms with van der Waals surface area (Å²) >= 11 is 0. The molecule has 1 amide bonds. The Labute approximate surface area is 125 Å². The van der Waals surface area contributed by atoms with Crippen LogP contribution < -0.4 is 11.1 Å². The summed E-state index contributed by atoms with van der Waals surface area (Å²) in [6.07, 6.45) is 4.31. The van der Waals surface area contributed by atoms with Gasteiger partial charge in [0.2, 0.25) is 5.91 Å². The van der Waals surface area contributed by atoms with Gasteiger partial charge in [0.25, 0.3) is 0 Å². The maximum Gasteiger partial charge on any atom is 0.237 e. The molecule has 2 aromatic rings. The number of hydrogen-bond donors (Lipinski definition) is 2. The van der Waals surface area contributed by atoms with Gasteiger partial charge >= 0.3 is 0 Å². The Morgan fingerprint density at radius 1 is 1.38 bits per heavy atom. The topological polar surface area (TPSA) is 72.9 Å². The second-order valence-electron chi connectivity index (χ2n) is 5.57. The van der Waals surface area contributed by atoms with E-state index < -0.39 is 6.04 Å². The molecule has 1 aromatic carbocycles. The fourth-order valence-corrected chi connectivity index (χ4v) is 2.17. The molecule has 1 aromatic heterocycles. The highest BCUT2D eigenvalue weighted by atomic mass is 16.2. The number of aromatic nitrogens is 2. The summed E-state index contributed by atoms with van der Waals surface area (Å²) in [7, 11) is 0. The molecule has 0 unspecified atom stereocenters. The number of nitrogens with one attached hydrogen (secondary N) is 1. The van der Waals surface area contributed by atoms with E-state index in [1.54, 1.807) is 10.9 Å². The van der Waals surface area contributed by atoms with Crippen LogP contribution in [0.1, 0.15) is 25.8 Å². The van der Waals surface area contributed by atoms with Gasteiger partial charge in [-0.2, -0.15) is 5.10 Å². The van der Waals surface area contributed by atoms with Gasteiger partial charge in [-0.25, -0.2) is 4.68 Å². The van der Waals surface area contributed by atoms with Crippen LogP contribution >= 0.6 is 0 Å². The molecule has 3 N–H and O–H groups in total. The van der Waals surface area contributed by atoms with E-state index in [4.69, 9.17) is 5.73 Å². The number of amides is 1. The molecule has 0 saturated heterocycles. The van der Waals surface area contributed by atoms with Crippen molar-refractivity contribution in [3.05, 3.63) is 48.3 Å². The lowest BCUT2D eigenvalue weighted by atomic mass is 10.0. The highest BCUT2D eigenvalue weighted by Crippen LogP contribution is 2.09. The molecule has 0 saturated carbocycles. The Kier molecular flexibility index (Phi) is 5.11. The lowest BCUT2D eigenvalue weighted by Gasteiger charge is -2.14. The summed E-state index contributed by atoms with van der Waals surface area (Å²) in [6.45, 7) is 4.58. The molecule has 0 aliphatic rings. The van der Waals surface area contributed by atoms with Crippen LogP contribution in [0, 0.1) is 5.92 Å². The van der Waals surface area contributed by atoms with E-state index in [1.165, 1.54) is 0 Å². The quantitative estimate of drug-likeness (QED) is 0.851. The molecule has 0 radical (unpaired) electrons. The van der Waals surface area contributed by atoms with Crippen LogP contribution in [-0.4, -0.2) is 21.7 Å². The van der Waals surface area contributed by atoms with Gasteiger partial charge in [-0.3, -0.25) is 4.79 Å². The Hall–Kier alpha value is -2.14. The number of nitrogens with two attached hydrogens (primary N) is 1. The Morgan fingerprint density at radius 2 is 2.19 bits per heavy atom. The molecule has 0 bridgehead atoms. The van der Waals surface area contributed by atoms with E-state index in [1.807, 2.05) is 36.5 Å². The zero-order valence-corrected chi connectivity index (χ0v) is 12.5. The first-order valence-electron chi connectivity index (χ1n) is 7.18. The molecule has 0 fully saturated rings. The first-order valence-corrected chi connectivity index (χ1v) is 7.18. The standard InChI is InChI=1S/C16H22N4O/c1-12(2)9-15(17)16(21)18-11-13-5-3-6-14(10-13)20-8-4-7-19-20/h3-8,10,12,15H,9,11,17H2,1-2H3,(H,18,21)/t15-/m1/s1. The van der Waals surface area contributed by atoms with Crippen molar-refractivity contribution < 1.29 is 4.79 Å². The number of hydrogen-bond acceptors (Lipinski definition) is 3. The zero-order valence-electron chi connectivity index (χ0n) is 12.5. The van der Waals surface area contributed by atoms with Crippen LogP contribution in [0.15, 0.2) is 42.7 Å². The van der Waals surface area contributed by atoms with Crippen LogP contribution in [0.5, 0.6) is 0 Å². The fourth-order valence-electron chi connectivity index (χ4n) is 2.17. The summed E-state index contributed by atoms with van der Waals surface area (Å²) in [4.78, 5) is 11.9.